The first-order chi connectivity index (χ1) is 9.95. The molecule has 1 saturated heterocycles. The molecule has 1 aromatic carbocycles. The van der Waals surface area contributed by atoms with E-state index in [-0.39, 0.29) is 29.4 Å². The molecule has 2 rings (SSSR count). The number of ether oxygens (including phenoxy) is 1. The van der Waals surface area contributed by atoms with Gasteiger partial charge in [0.25, 0.3) is 5.91 Å². The number of carbonyl (C=O) groups excluding carboxylic acids is 1. The Morgan fingerprint density at radius 3 is 2.91 bits per heavy atom. The number of carbonyl (C=O) groups is 1. The summed E-state index contributed by atoms with van der Waals surface area (Å²) in [6.07, 6.45) is 1.12. The van der Waals surface area contributed by atoms with Crippen LogP contribution < -0.4 is 15.4 Å². The minimum atomic E-state index is -0.682. The van der Waals surface area contributed by atoms with Gasteiger partial charge in [-0.15, -0.1) is 12.4 Å². The second-order valence-electron chi connectivity index (χ2n) is 5.42. The van der Waals surface area contributed by atoms with Gasteiger partial charge in [-0.3, -0.25) is 4.79 Å². The van der Waals surface area contributed by atoms with Crippen LogP contribution in [-0.2, 0) is 4.79 Å². The summed E-state index contributed by atoms with van der Waals surface area (Å²) in [5, 5.41) is 6.47. The second-order valence-corrected chi connectivity index (χ2v) is 5.83. The molecule has 0 radical (unpaired) electrons. The molecule has 1 heterocycles. The highest BCUT2D eigenvalue weighted by molar-refractivity contribution is 6.32. The Balaban J connectivity index is 0.00000242. The van der Waals surface area contributed by atoms with Crippen molar-refractivity contribution in [2.24, 2.45) is 0 Å². The molecule has 0 aliphatic carbocycles. The molecule has 1 aliphatic rings. The normalized spacial score (nSPS) is 22.4. The molecule has 0 aromatic heterocycles. The summed E-state index contributed by atoms with van der Waals surface area (Å²) < 4.78 is 18.5. The average molecular weight is 351 g/mol. The molecule has 3 unspecified atom stereocenters. The molecular formula is C15H21Cl2FN2O2. The van der Waals surface area contributed by atoms with Crippen molar-refractivity contribution < 1.29 is 13.9 Å². The van der Waals surface area contributed by atoms with Crippen LogP contribution >= 0.6 is 24.0 Å². The lowest BCUT2D eigenvalue weighted by atomic mass is 10.0. The standard InChI is InChI=1S/C15H20ClFN2O2.ClH/c1-9-7-12(5-6-18-9)19-15(20)10(2)21-14-4-3-11(17)8-13(14)16;/h3-4,8-10,12,18H,5-7H2,1-2H3,(H,19,20);1H. The summed E-state index contributed by atoms with van der Waals surface area (Å²) in [5.74, 6) is -0.318. The number of benzene rings is 1. The van der Waals surface area contributed by atoms with Gasteiger partial charge in [-0.05, 0) is 51.4 Å². The highest BCUT2D eigenvalue weighted by atomic mass is 35.5. The summed E-state index contributed by atoms with van der Waals surface area (Å²) >= 11 is 5.88. The fourth-order valence-electron chi connectivity index (χ4n) is 2.40. The SMILES string of the molecule is CC1CC(NC(=O)C(C)Oc2ccc(F)cc2Cl)CCN1.Cl. The zero-order valence-electron chi connectivity index (χ0n) is 12.6. The average Bonchev–Trinajstić information content (AvgIpc) is 2.41. The molecule has 4 nitrogen and oxygen atoms in total. The number of hydrogen-bond acceptors (Lipinski definition) is 3. The first-order valence-corrected chi connectivity index (χ1v) is 7.49. The van der Waals surface area contributed by atoms with Gasteiger partial charge in [0.15, 0.2) is 6.10 Å². The molecule has 1 amide bonds. The fourth-order valence-corrected chi connectivity index (χ4v) is 2.61. The zero-order chi connectivity index (χ0) is 15.4. The van der Waals surface area contributed by atoms with Crippen LogP contribution in [-0.4, -0.2) is 30.6 Å². The van der Waals surface area contributed by atoms with E-state index in [1.165, 1.54) is 12.1 Å². The van der Waals surface area contributed by atoms with Gasteiger partial charge in [0.2, 0.25) is 0 Å². The van der Waals surface area contributed by atoms with E-state index in [4.69, 9.17) is 16.3 Å². The molecule has 1 fully saturated rings. The molecule has 1 aliphatic heterocycles. The van der Waals surface area contributed by atoms with E-state index in [1.807, 2.05) is 0 Å². The Bertz CT molecular complexity index is 516. The lowest BCUT2D eigenvalue weighted by molar-refractivity contribution is -0.128. The van der Waals surface area contributed by atoms with Gasteiger partial charge in [0.1, 0.15) is 11.6 Å². The summed E-state index contributed by atoms with van der Waals surface area (Å²) in [6, 6.07) is 4.39. The highest BCUT2D eigenvalue weighted by Crippen LogP contribution is 2.25. The van der Waals surface area contributed by atoms with Crippen LogP contribution in [0, 0.1) is 5.82 Å². The summed E-state index contributed by atoms with van der Waals surface area (Å²) in [5.41, 5.74) is 0. The number of amides is 1. The second kappa shape index (κ2) is 8.56. The first-order valence-electron chi connectivity index (χ1n) is 7.11. The van der Waals surface area contributed by atoms with E-state index in [0.29, 0.717) is 11.8 Å². The zero-order valence-corrected chi connectivity index (χ0v) is 14.1. The monoisotopic (exact) mass is 350 g/mol. The van der Waals surface area contributed by atoms with E-state index >= 15 is 0 Å². The van der Waals surface area contributed by atoms with Gasteiger partial charge < -0.3 is 15.4 Å². The van der Waals surface area contributed by atoms with E-state index in [1.54, 1.807) is 6.92 Å². The number of rotatable bonds is 4. The van der Waals surface area contributed by atoms with Crippen molar-refractivity contribution in [3.8, 4) is 5.75 Å². The lowest BCUT2D eigenvalue weighted by Gasteiger charge is -2.29. The van der Waals surface area contributed by atoms with E-state index in [0.717, 1.165) is 25.5 Å². The summed E-state index contributed by atoms with van der Waals surface area (Å²) in [7, 11) is 0. The van der Waals surface area contributed by atoms with Gasteiger partial charge in [0.05, 0.1) is 5.02 Å². The predicted octanol–water partition coefficient (Wildman–Crippen LogP) is 2.92. The van der Waals surface area contributed by atoms with Crippen LogP contribution in [0.1, 0.15) is 26.7 Å². The van der Waals surface area contributed by atoms with Crippen LogP contribution in [0.4, 0.5) is 4.39 Å². The molecule has 22 heavy (non-hydrogen) atoms. The van der Waals surface area contributed by atoms with Crippen LogP contribution in [0.15, 0.2) is 18.2 Å². The van der Waals surface area contributed by atoms with Crippen molar-refractivity contribution in [2.45, 2.75) is 44.9 Å². The number of hydrogen-bond donors (Lipinski definition) is 2. The Morgan fingerprint density at radius 2 is 2.27 bits per heavy atom. The molecule has 0 saturated carbocycles. The van der Waals surface area contributed by atoms with Crippen LogP contribution in [0.2, 0.25) is 5.02 Å². The Labute approximate surface area is 141 Å². The van der Waals surface area contributed by atoms with Gasteiger partial charge in [0, 0.05) is 12.1 Å². The Morgan fingerprint density at radius 1 is 1.55 bits per heavy atom. The van der Waals surface area contributed by atoms with Gasteiger partial charge in [-0.25, -0.2) is 4.39 Å². The van der Waals surface area contributed by atoms with E-state index in [9.17, 15) is 9.18 Å². The first kappa shape index (κ1) is 19.0. The summed E-state index contributed by atoms with van der Waals surface area (Å²) in [6.45, 7) is 4.64. The molecule has 0 spiro atoms. The highest BCUT2D eigenvalue weighted by Gasteiger charge is 2.23. The van der Waals surface area contributed by atoms with Crippen molar-refractivity contribution in [1.82, 2.24) is 10.6 Å². The quantitative estimate of drug-likeness (QED) is 0.877. The van der Waals surface area contributed by atoms with Gasteiger partial charge in [-0.1, -0.05) is 11.6 Å². The third kappa shape index (κ3) is 5.30. The predicted molar refractivity (Wildman–Crippen MR) is 87.4 cm³/mol. The number of nitrogens with one attached hydrogen (secondary N) is 2. The van der Waals surface area contributed by atoms with Crippen molar-refractivity contribution >= 4 is 29.9 Å². The number of piperidine rings is 1. The number of halogens is 3. The molecule has 7 heteroatoms. The topological polar surface area (TPSA) is 50.4 Å². The Kier molecular flexibility index (Phi) is 7.39. The van der Waals surface area contributed by atoms with Crippen LogP contribution in [0.25, 0.3) is 0 Å². The smallest absolute Gasteiger partial charge is 0.260 e. The van der Waals surface area contributed by atoms with Crippen molar-refractivity contribution in [3.05, 3.63) is 29.0 Å². The third-order valence-corrected chi connectivity index (χ3v) is 3.83. The molecule has 0 bridgehead atoms. The molecule has 3 atom stereocenters. The molecule has 124 valence electrons. The maximum atomic E-state index is 13.0. The minimum absolute atomic E-state index is 0. The Hall–Kier alpha value is -1.04. The lowest BCUT2D eigenvalue weighted by Crippen LogP contribution is -2.49. The van der Waals surface area contributed by atoms with Gasteiger partial charge >= 0.3 is 0 Å². The van der Waals surface area contributed by atoms with Crippen LogP contribution in [0.5, 0.6) is 5.75 Å². The largest absolute Gasteiger partial charge is 0.479 e. The van der Waals surface area contributed by atoms with E-state index < -0.39 is 11.9 Å². The minimum Gasteiger partial charge on any atom is -0.479 e. The van der Waals surface area contributed by atoms with Crippen LogP contribution in [0.3, 0.4) is 0 Å². The summed E-state index contributed by atoms with van der Waals surface area (Å²) in [4.78, 5) is 12.1. The molecule has 1 aromatic rings. The maximum absolute atomic E-state index is 13.0. The van der Waals surface area contributed by atoms with Gasteiger partial charge in [-0.2, -0.15) is 0 Å². The van der Waals surface area contributed by atoms with E-state index in [2.05, 4.69) is 17.6 Å². The molecular weight excluding hydrogens is 330 g/mol. The third-order valence-electron chi connectivity index (χ3n) is 3.54. The van der Waals surface area contributed by atoms with Crippen molar-refractivity contribution in [2.75, 3.05) is 6.54 Å². The maximum Gasteiger partial charge on any atom is 0.260 e. The van der Waals surface area contributed by atoms with Crippen molar-refractivity contribution in [1.29, 1.82) is 0 Å². The fraction of sp³-hybridized carbons (Fsp3) is 0.533. The molecule has 2 N–H and O–H groups in total. The van der Waals surface area contributed by atoms with Crippen molar-refractivity contribution in [3.63, 3.8) is 0 Å².